The summed E-state index contributed by atoms with van der Waals surface area (Å²) < 4.78 is 6.56. The first-order valence-electron chi connectivity index (χ1n) is 5.22. The monoisotopic (exact) mass is 250 g/mol. The van der Waals surface area contributed by atoms with E-state index in [1.165, 1.54) is 18.4 Å². The first-order valence-corrected chi connectivity index (χ1v) is 6.04. The fourth-order valence-corrected chi connectivity index (χ4v) is 2.79. The minimum atomic E-state index is -0.288. The van der Waals surface area contributed by atoms with Gasteiger partial charge in [-0.2, -0.15) is 5.10 Å². The minimum absolute atomic E-state index is 0.288. The number of carbonyl (C=O) groups excluding carboxylic acids is 1. The Morgan fingerprint density at radius 1 is 1.47 bits per heavy atom. The number of hydrogen-bond donors (Lipinski definition) is 0. The van der Waals surface area contributed by atoms with E-state index < -0.39 is 0 Å². The van der Waals surface area contributed by atoms with Crippen molar-refractivity contribution in [3.63, 3.8) is 0 Å². The van der Waals surface area contributed by atoms with Crippen LogP contribution in [0.5, 0.6) is 0 Å². The molecule has 0 atom stereocenters. The zero-order chi connectivity index (χ0) is 12.6. The minimum Gasteiger partial charge on any atom is -0.465 e. The second kappa shape index (κ2) is 4.33. The van der Waals surface area contributed by atoms with Gasteiger partial charge < -0.3 is 4.74 Å². The third-order valence-corrected chi connectivity index (χ3v) is 3.71. The molecule has 0 aliphatic heterocycles. The molecule has 0 bridgehead atoms. The zero-order valence-electron chi connectivity index (χ0n) is 10.3. The van der Waals surface area contributed by atoms with Crippen LogP contribution in [-0.4, -0.2) is 22.9 Å². The van der Waals surface area contributed by atoms with E-state index in [0.29, 0.717) is 4.88 Å². The number of nitrogens with zero attached hydrogens (tertiary/aromatic N) is 2. The van der Waals surface area contributed by atoms with E-state index in [9.17, 15) is 4.79 Å². The van der Waals surface area contributed by atoms with Gasteiger partial charge in [0.15, 0.2) is 0 Å². The first kappa shape index (κ1) is 11.9. The molecule has 0 saturated heterocycles. The van der Waals surface area contributed by atoms with Crippen molar-refractivity contribution in [3.8, 4) is 11.3 Å². The van der Waals surface area contributed by atoms with Crippen LogP contribution in [0, 0.1) is 13.8 Å². The molecule has 0 amide bonds. The maximum atomic E-state index is 11.5. The van der Waals surface area contributed by atoms with Crippen molar-refractivity contribution >= 4 is 17.3 Å². The number of ether oxygens (including phenoxy) is 1. The van der Waals surface area contributed by atoms with E-state index >= 15 is 0 Å². The van der Waals surface area contributed by atoms with E-state index in [-0.39, 0.29) is 5.97 Å². The molecule has 0 unspecified atom stereocenters. The maximum absolute atomic E-state index is 11.5. The summed E-state index contributed by atoms with van der Waals surface area (Å²) in [4.78, 5) is 13.2. The molecular formula is C12H14N2O2S. The third kappa shape index (κ3) is 1.98. The van der Waals surface area contributed by atoms with Gasteiger partial charge in [-0.05, 0) is 25.5 Å². The molecular weight excluding hydrogens is 236 g/mol. The lowest BCUT2D eigenvalue weighted by molar-refractivity contribution is 0.0606. The number of esters is 1. The molecule has 0 aliphatic rings. The number of hydrogen-bond acceptors (Lipinski definition) is 4. The highest BCUT2D eigenvalue weighted by Gasteiger charge is 2.17. The summed E-state index contributed by atoms with van der Waals surface area (Å²) in [6.45, 7) is 4.01. The number of thiophene rings is 1. The van der Waals surface area contributed by atoms with Crippen LogP contribution in [0.15, 0.2) is 12.3 Å². The molecule has 0 aliphatic carbocycles. The number of aryl methyl sites for hydroxylation is 3. The summed E-state index contributed by atoms with van der Waals surface area (Å²) in [5, 5.41) is 4.21. The van der Waals surface area contributed by atoms with Crippen molar-refractivity contribution in [2.45, 2.75) is 13.8 Å². The lowest BCUT2D eigenvalue weighted by atomic mass is 10.1. The van der Waals surface area contributed by atoms with Crippen molar-refractivity contribution in [2.24, 2.45) is 7.05 Å². The Balaban J connectivity index is 2.54. The highest BCUT2D eigenvalue weighted by molar-refractivity contribution is 7.14. The van der Waals surface area contributed by atoms with Gasteiger partial charge in [0, 0.05) is 17.5 Å². The van der Waals surface area contributed by atoms with Crippen LogP contribution in [-0.2, 0) is 11.8 Å². The van der Waals surface area contributed by atoms with Crippen LogP contribution >= 0.6 is 11.3 Å². The number of rotatable bonds is 2. The van der Waals surface area contributed by atoms with Crippen molar-refractivity contribution in [1.29, 1.82) is 0 Å². The molecule has 2 aromatic rings. The molecule has 0 N–H and O–H groups in total. The van der Waals surface area contributed by atoms with Gasteiger partial charge in [0.25, 0.3) is 0 Å². The largest absolute Gasteiger partial charge is 0.465 e. The van der Waals surface area contributed by atoms with E-state index in [4.69, 9.17) is 4.74 Å². The predicted molar refractivity (Wildman–Crippen MR) is 67.3 cm³/mol. The molecule has 5 heteroatoms. The SMILES string of the molecule is COC(=O)c1cc(-c2c(C)cnn2C)c(C)s1. The van der Waals surface area contributed by atoms with Gasteiger partial charge in [0.2, 0.25) is 0 Å². The summed E-state index contributed by atoms with van der Waals surface area (Å²) in [6, 6.07) is 1.87. The lowest BCUT2D eigenvalue weighted by Crippen LogP contribution is -1.97. The fourth-order valence-electron chi connectivity index (χ4n) is 1.85. The van der Waals surface area contributed by atoms with E-state index in [1.54, 1.807) is 0 Å². The molecule has 2 aromatic heterocycles. The second-order valence-corrected chi connectivity index (χ2v) is 5.13. The van der Waals surface area contributed by atoms with Crippen molar-refractivity contribution in [3.05, 3.63) is 27.6 Å². The Hall–Kier alpha value is -1.62. The fraction of sp³-hybridized carbons (Fsp3) is 0.333. The van der Waals surface area contributed by atoms with E-state index in [0.717, 1.165) is 21.7 Å². The molecule has 2 heterocycles. The van der Waals surface area contributed by atoms with Crippen LogP contribution in [0.4, 0.5) is 0 Å². The lowest BCUT2D eigenvalue weighted by Gasteiger charge is -2.02. The van der Waals surface area contributed by atoms with Crippen molar-refractivity contribution in [2.75, 3.05) is 7.11 Å². The summed E-state index contributed by atoms with van der Waals surface area (Å²) in [7, 11) is 3.30. The molecule has 4 nitrogen and oxygen atoms in total. The summed E-state index contributed by atoms with van der Waals surface area (Å²) in [5.41, 5.74) is 3.20. The molecule has 0 spiro atoms. The van der Waals surface area contributed by atoms with Crippen LogP contribution in [0.2, 0.25) is 0 Å². The Morgan fingerprint density at radius 3 is 2.71 bits per heavy atom. The van der Waals surface area contributed by atoms with Gasteiger partial charge in [0.05, 0.1) is 19.0 Å². The highest BCUT2D eigenvalue weighted by Crippen LogP contribution is 2.32. The van der Waals surface area contributed by atoms with Crippen LogP contribution < -0.4 is 0 Å². The Kier molecular flexibility index (Phi) is 3.02. The molecule has 0 saturated carbocycles. The van der Waals surface area contributed by atoms with Crippen molar-refractivity contribution in [1.82, 2.24) is 9.78 Å². The van der Waals surface area contributed by atoms with Gasteiger partial charge in [-0.3, -0.25) is 4.68 Å². The first-order chi connectivity index (χ1) is 8.04. The van der Waals surface area contributed by atoms with Gasteiger partial charge in [-0.15, -0.1) is 11.3 Å². The molecule has 0 radical (unpaired) electrons. The average molecular weight is 250 g/mol. The molecule has 17 heavy (non-hydrogen) atoms. The summed E-state index contributed by atoms with van der Waals surface area (Å²) >= 11 is 1.45. The quantitative estimate of drug-likeness (QED) is 0.769. The Bertz CT molecular complexity index is 550. The summed E-state index contributed by atoms with van der Waals surface area (Å²) in [6.07, 6.45) is 1.82. The highest BCUT2D eigenvalue weighted by atomic mass is 32.1. The Labute approximate surface area is 104 Å². The van der Waals surface area contributed by atoms with E-state index in [2.05, 4.69) is 5.10 Å². The predicted octanol–water partition coefficient (Wildman–Crippen LogP) is 2.55. The maximum Gasteiger partial charge on any atom is 0.348 e. The second-order valence-electron chi connectivity index (χ2n) is 3.87. The average Bonchev–Trinajstić information content (AvgIpc) is 2.82. The number of methoxy groups -OCH3 is 1. The normalized spacial score (nSPS) is 10.6. The number of carbonyl (C=O) groups is 1. The van der Waals surface area contributed by atoms with Gasteiger partial charge >= 0.3 is 5.97 Å². The summed E-state index contributed by atoms with van der Waals surface area (Å²) in [5.74, 6) is -0.288. The van der Waals surface area contributed by atoms with Crippen LogP contribution in [0.3, 0.4) is 0 Å². The number of aromatic nitrogens is 2. The van der Waals surface area contributed by atoms with E-state index in [1.807, 2.05) is 37.8 Å². The van der Waals surface area contributed by atoms with Gasteiger partial charge in [-0.1, -0.05) is 0 Å². The smallest absolute Gasteiger partial charge is 0.348 e. The van der Waals surface area contributed by atoms with Crippen LogP contribution in [0.25, 0.3) is 11.3 Å². The van der Waals surface area contributed by atoms with Gasteiger partial charge in [0.1, 0.15) is 4.88 Å². The zero-order valence-corrected chi connectivity index (χ0v) is 11.1. The third-order valence-electron chi connectivity index (χ3n) is 2.68. The van der Waals surface area contributed by atoms with Gasteiger partial charge in [-0.25, -0.2) is 4.79 Å². The molecule has 0 fully saturated rings. The Morgan fingerprint density at radius 2 is 2.18 bits per heavy atom. The van der Waals surface area contributed by atoms with Crippen molar-refractivity contribution < 1.29 is 9.53 Å². The standard InChI is InChI=1S/C12H14N2O2S/c1-7-6-13-14(3)11(7)9-5-10(12(15)16-4)17-8(9)2/h5-6H,1-4H3. The molecule has 2 rings (SSSR count). The topological polar surface area (TPSA) is 44.1 Å². The van der Waals surface area contributed by atoms with Crippen LogP contribution in [0.1, 0.15) is 20.1 Å². The molecule has 90 valence electrons. The molecule has 0 aromatic carbocycles.